The van der Waals surface area contributed by atoms with E-state index in [1.807, 2.05) is 6.92 Å². The lowest BCUT2D eigenvalue weighted by Gasteiger charge is -2.32. The van der Waals surface area contributed by atoms with Gasteiger partial charge in [-0.2, -0.15) is 0 Å². The number of carbonyl (C=O) groups excluding carboxylic acids is 1. The van der Waals surface area contributed by atoms with Crippen molar-refractivity contribution in [2.75, 3.05) is 39.4 Å². The fraction of sp³-hybridized carbons (Fsp3) is 0.882. The monoisotopic (exact) mass is 468 g/mol. The molecule has 1 amide bonds. The fourth-order valence-electron chi connectivity index (χ4n) is 3.13. The van der Waals surface area contributed by atoms with Crippen LogP contribution in [-0.4, -0.2) is 68.5 Å². The van der Waals surface area contributed by atoms with Crippen molar-refractivity contribution in [3.05, 3.63) is 0 Å². The summed E-state index contributed by atoms with van der Waals surface area (Å²) in [4.78, 5) is 18.2. The first-order chi connectivity index (χ1) is 11.7. The van der Waals surface area contributed by atoms with Crippen LogP contribution < -0.4 is 10.6 Å². The molecule has 2 fully saturated rings. The number of carbonyl (C=O) groups is 1. The highest BCUT2D eigenvalue weighted by molar-refractivity contribution is 14.0. The molecular weight excluding hydrogens is 435 g/mol. The number of nitrogens with zero attached hydrogens (tertiary/aromatic N) is 2. The molecule has 0 saturated carbocycles. The SMILES string of the molecule is CCNC(=NCCC1CCCO1)NC1CCN(C(=O)OCC)CC1.I. The molecule has 1 unspecified atom stereocenters. The van der Waals surface area contributed by atoms with Gasteiger partial charge >= 0.3 is 6.09 Å². The summed E-state index contributed by atoms with van der Waals surface area (Å²) in [5, 5.41) is 6.80. The van der Waals surface area contributed by atoms with E-state index in [1.165, 1.54) is 6.42 Å². The van der Waals surface area contributed by atoms with Crippen molar-refractivity contribution in [2.24, 2.45) is 4.99 Å². The van der Waals surface area contributed by atoms with Crippen LogP contribution in [0.5, 0.6) is 0 Å². The lowest BCUT2D eigenvalue weighted by molar-refractivity contribution is 0.0963. The minimum Gasteiger partial charge on any atom is -0.450 e. The highest BCUT2D eigenvalue weighted by Gasteiger charge is 2.24. The third kappa shape index (κ3) is 7.98. The molecule has 8 heteroatoms. The maximum absolute atomic E-state index is 11.7. The summed E-state index contributed by atoms with van der Waals surface area (Å²) in [6.07, 6.45) is 5.32. The van der Waals surface area contributed by atoms with E-state index in [-0.39, 0.29) is 30.1 Å². The van der Waals surface area contributed by atoms with Crippen molar-refractivity contribution >= 4 is 36.0 Å². The average Bonchev–Trinajstić information content (AvgIpc) is 3.09. The molecule has 2 N–H and O–H groups in total. The van der Waals surface area contributed by atoms with Crippen molar-refractivity contribution < 1.29 is 14.3 Å². The molecule has 25 heavy (non-hydrogen) atoms. The van der Waals surface area contributed by atoms with Gasteiger partial charge in [-0.1, -0.05) is 0 Å². The molecule has 0 radical (unpaired) electrons. The number of piperidine rings is 1. The Morgan fingerprint density at radius 3 is 2.64 bits per heavy atom. The minimum absolute atomic E-state index is 0. The fourth-order valence-corrected chi connectivity index (χ4v) is 3.13. The molecule has 0 aromatic rings. The van der Waals surface area contributed by atoms with Crippen LogP contribution in [0.15, 0.2) is 4.99 Å². The van der Waals surface area contributed by atoms with E-state index in [0.29, 0.717) is 18.8 Å². The number of likely N-dealkylation sites (tertiary alicyclic amines) is 1. The number of amides is 1. The van der Waals surface area contributed by atoms with Crippen LogP contribution in [0.1, 0.15) is 46.0 Å². The lowest BCUT2D eigenvalue weighted by Crippen LogP contribution is -2.50. The number of nitrogens with one attached hydrogen (secondary N) is 2. The van der Waals surface area contributed by atoms with Gasteiger partial charge in [0.25, 0.3) is 0 Å². The minimum atomic E-state index is -0.201. The summed E-state index contributed by atoms with van der Waals surface area (Å²) < 4.78 is 10.7. The molecule has 7 nitrogen and oxygen atoms in total. The number of hydrogen-bond donors (Lipinski definition) is 2. The van der Waals surface area contributed by atoms with E-state index in [0.717, 1.165) is 64.4 Å². The first kappa shape index (κ1) is 22.3. The Morgan fingerprint density at radius 2 is 2.04 bits per heavy atom. The zero-order chi connectivity index (χ0) is 17.2. The molecule has 0 spiro atoms. The van der Waals surface area contributed by atoms with E-state index in [9.17, 15) is 4.79 Å². The molecule has 146 valence electrons. The largest absolute Gasteiger partial charge is 0.450 e. The van der Waals surface area contributed by atoms with Crippen molar-refractivity contribution in [1.82, 2.24) is 15.5 Å². The number of guanidine groups is 1. The van der Waals surface area contributed by atoms with Gasteiger partial charge in [0.1, 0.15) is 0 Å². The van der Waals surface area contributed by atoms with Crippen LogP contribution >= 0.6 is 24.0 Å². The summed E-state index contributed by atoms with van der Waals surface area (Å²) >= 11 is 0. The standard InChI is InChI=1S/C17H32N4O3.HI/c1-3-18-16(19-10-7-15-6-5-13-24-15)20-14-8-11-21(12-9-14)17(22)23-4-2;/h14-15H,3-13H2,1-2H3,(H2,18,19,20);1H. The zero-order valence-corrected chi connectivity index (χ0v) is 17.8. The molecular formula is C17H33IN4O3. The summed E-state index contributed by atoms with van der Waals surface area (Å²) in [6.45, 7) is 8.31. The number of halogens is 1. The number of hydrogen-bond acceptors (Lipinski definition) is 4. The number of aliphatic imine (C=N–C) groups is 1. The summed E-state index contributed by atoms with van der Waals surface area (Å²) in [5.41, 5.74) is 0. The van der Waals surface area contributed by atoms with Crippen molar-refractivity contribution in [3.8, 4) is 0 Å². The molecule has 0 aromatic heterocycles. The first-order valence-electron chi connectivity index (χ1n) is 9.31. The summed E-state index contributed by atoms with van der Waals surface area (Å²) in [7, 11) is 0. The van der Waals surface area contributed by atoms with E-state index >= 15 is 0 Å². The molecule has 2 rings (SSSR count). The van der Waals surface area contributed by atoms with Crippen molar-refractivity contribution in [2.45, 2.75) is 58.1 Å². The van der Waals surface area contributed by atoms with Crippen molar-refractivity contribution in [3.63, 3.8) is 0 Å². The Labute approximate surface area is 168 Å². The van der Waals surface area contributed by atoms with Crippen LogP contribution in [0, 0.1) is 0 Å². The summed E-state index contributed by atoms with van der Waals surface area (Å²) in [5.74, 6) is 0.866. The molecule has 0 aliphatic carbocycles. The number of rotatable bonds is 6. The van der Waals surface area contributed by atoms with Gasteiger partial charge in [0, 0.05) is 38.8 Å². The van der Waals surface area contributed by atoms with Gasteiger partial charge in [0.05, 0.1) is 12.7 Å². The van der Waals surface area contributed by atoms with E-state index in [2.05, 4.69) is 22.5 Å². The Morgan fingerprint density at radius 1 is 1.28 bits per heavy atom. The average molecular weight is 468 g/mol. The smallest absolute Gasteiger partial charge is 0.409 e. The second kappa shape index (κ2) is 12.6. The normalized spacial score (nSPS) is 21.6. The third-order valence-electron chi connectivity index (χ3n) is 4.45. The summed E-state index contributed by atoms with van der Waals surface area (Å²) in [6, 6.07) is 0.344. The highest BCUT2D eigenvalue weighted by atomic mass is 127. The Bertz CT molecular complexity index is 409. The van der Waals surface area contributed by atoms with Gasteiger partial charge in [-0.05, 0) is 46.0 Å². The highest BCUT2D eigenvalue weighted by Crippen LogP contribution is 2.15. The zero-order valence-electron chi connectivity index (χ0n) is 15.5. The van der Waals surface area contributed by atoms with E-state index < -0.39 is 0 Å². The van der Waals surface area contributed by atoms with E-state index in [4.69, 9.17) is 9.47 Å². The number of ether oxygens (including phenoxy) is 2. The predicted molar refractivity (Wildman–Crippen MR) is 110 cm³/mol. The van der Waals surface area contributed by atoms with Crippen LogP contribution in [-0.2, 0) is 9.47 Å². The lowest BCUT2D eigenvalue weighted by atomic mass is 10.1. The van der Waals surface area contributed by atoms with Crippen LogP contribution in [0.3, 0.4) is 0 Å². The van der Waals surface area contributed by atoms with Crippen LogP contribution in [0.25, 0.3) is 0 Å². The van der Waals surface area contributed by atoms with Gasteiger partial charge in [-0.25, -0.2) is 4.79 Å². The van der Waals surface area contributed by atoms with Gasteiger partial charge < -0.3 is 25.0 Å². The Balaban J connectivity index is 0.00000312. The Kier molecular flexibility index (Phi) is 11.2. The molecule has 0 aromatic carbocycles. The van der Waals surface area contributed by atoms with E-state index in [1.54, 1.807) is 4.90 Å². The molecule has 1 atom stereocenters. The van der Waals surface area contributed by atoms with Crippen LogP contribution in [0.2, 0.25) is 0 Å². The first-order valence-corrected chi connectivity index (χ1v) is 9.31. The maximum Gasteiger partial charge on any atom is 0.409 e. The predicted octanol–water partition coefficient (Wildman–Crippen LogP) is 2.35. The second-order valence-corrected chi connectivity index (χ2v) is 6.29. The molecule has 2 aliphatic heterocycles. The quantitative estimate of drug-likeness (QED) is 0.356. The third-order valence-corrected chi connectivity index (χ3v) is 4.45. The van der Waals surface area contributed by atoms with Crippen molar-refractivity contribution in [1.29, 1.82) is 0 Å². The second-order valence-electron chi connectivity index (χ2n) is 6.29. The van der Waals surface area contributed by atoms with Gasteiger partial charge in [-0.15, -0.1) is 24.0 Å². The molecule has 2 aliphatic rings. The topological polar surface area (TPSA) is 75.2 Å². The molecule has 0 bridgehead atoms. The molecule has 2 saturated heterocycles. The van der Waals surface area contributed by atoms with Crippen LogP contribution in [0.4, 0.5) is 4.79 Å². The Hall–Kier alpha value is -0.770. The van der Waals surface area contributed by atoms with Gasteiger partial charge in [0.2, 0.25) is 0 Å². The van der Waals surface area contributed by atoms with Gasteiger partial charge in [-0.3, -0.25) is 4.99 Å². The molecule has 2 heterocycles. The maximum atomic E-state index is 11.7. The van der Waals surface area contributed by atoms with Gasteiger partial charge in [0.15, 0.2) is 5.96 Å².